The predicted octanol–water partition coefficient (Wildman–Crippen LogP) is 4.88. The van der Waals surface area contributed by atoms with E-state index in [1.54, 1.807) is 6.07 Å². The van der Waals surface area contributed by atoms with Crippen molar-refractivity contribution >= 4 is 27.3 Å². The molecule has 1 aromatic carbocycles. The second-order valence-electron chi connectivity index (χ2n) is 4.20. The van der Waals surface area contributed by atoms with E-state index >= 15 is 0 Å². The minimum Gasteiger partial charge on any atom is -0.306 e. The molecule has 1 N–H and O–H groups in total. The van der Waals surface area contributed by atoms with Gasteiger partial charge in [0.05, 0.1) is 6.04 Å². The molecule has 2 aromatic rings. The molecule has 0 saturated heterocycles. The lowest BCUT2D eigenvalue weighted by molar-refractivity contribution is 0.481. The fourth-order valence-electron chi connectivity index (χ4n) is 1.88. The van der Waals surface area contributed by atoms with E-state index in [1.165, 1.54) is 17.4 Å². The quantitative estimate of drug-likeness (QED) is 0.814. The summed E-state index contributed by atoms with van der Waals surface area (Å²) in [6.45, 7) is 2.78. The minimum absolute atomic E-state index is 0.313. The Morgan fingerprint density at radius 2 is 2.16 bits per heavy atom. The number of rotatable bonds is 5. The molecule has 0 spiro atoms. The Balaban J connectivity index is 2.39. The summed E-state index contributed by atoms with van der Waals surface area (Å²) >= 11 is 4.91. The molecule has 5 heteroatoms. The van der Waals surface area contributed by atoms with Crippen molar-refractivity contribution in [3.05, 3.63) is 56.2 Å². The van der Waals surface area contributed by atoms with Crippen molar-refractivity contribution in [2.24, 2.45) is 0 Å². The van der Waals surface area contributed by atoms with Crippen molar-refractivity contribution in [2.75, 3.05) is 6.54 Å². The molecule has 0 radical (unpaired) electrons. The second-order valence-corrected chi connectivity index (χ2v) is 6.06. The van der Waals surface area contributed by atoms with Crippen molar-refractivity contribution in [3.63, 3.8) is 0 Å². The molecule has 0 fully saturated rings. The van der Waals surface area contributed by atoms with Crippen LogP contribution in [0.1, 0.15) is 29.8 Å². The van der Waals surface area contributed by atoms with Gasteiger partial charge in [0.1, 0.15) is 0 Å². The molecule has 0 aliphatic rings. The van der Waals surface area contributed by atoms with Crippen LogP contribution in [-0.4, -0.2) is 6.54 Å². The summed E-state index contributed by atoms with van der Waals surface area (Å²) in [5.74, 6) is -1.59. The average molecular weight is 346 g/mol. The largest absolute Gasteiger partial charge is 0.306 e. The highest BCUT2D eigenvalue weighted by atomic mass is 79.9. The Hall–Kier alpha value is -0.780. The van der Waals surface area contributed by atoms with Crippen LogP contribution in [0.4, 0.5) is 8.78 Å². The zero-order valence-electron chi connectivity index (χ0n) is 10.4. The Kier molecular flexibility index (Phi) is 5.07. The number of benzene rings is 1. The molecular formula is C14H14BrF2NS. The molecule has 0 amide bonds. The third-order valence-corrected chi connectivity index (χ3v) is 4.52. The molecule has 0 aliphatic carbocycles. The topological polar surface area (TPSA) is 12.0 Å². The Labute approximate surface area is 123 Å². The highest BCUT2D eigenvalue weighted by Gasteiger charge is 2.20. The summed E-state index contributed by atoms with van der Waals surface area (Å²) in [5.41, 5.74) is 0.350. The molecule has 0 saturated carbocycles. The minimum atomic E-state index is -0.809. The fourth-order valence-corrected chi connectivity index (χ4v) is 3.41. The zero-order chi connectivity index (χ0) is 13.8. The number of nitrogens with one attached hydrogen (secondary N) is 1. The monoisotopic (exact) mass is 345 g/mol. The first-order chi connectivity index (χ1) is 9.13. The van der Waals surface area contributed by atoms with E-state index in [4.69, 9.17) is 0 Å². The lowest BCUT2D eigenvalue weighted by Gasteiger charge is -2.18. The van der Waals surface area contributed by atoms with Crippen molar-refractivity contribution in [1.82, 2.24) is 5.32 Å². The maximum Gasteiger partial charge on any atom is 0.163 e. The normalized spacial score (nSPS) is 12.6. The van der Waals surface area contributed by atoms with Crippen LogP contribution in [0.15, 0.2) is 34.1 Å². The lowest BCUT2D eigenvalue weighted by Crippen LogP contribution is -2.23. The first kappa shape index (κ1) is 14.6. The number of halogens is 3. The average Bonchev–Trinajstić information content (AvgIpc) is 2.81. The summed E-state index contributed by atoms with van der Waals surface area (Å²) < 4.78 is 28.3. The number of thiophene rings is 1. The third kappa shape index (κ3) is 3.41. The Bertz CT molecular complexity index is 556. The van der Waals surface area contributed by atoms with Crippen LogP contribution in [0.2, 0.25) is 0 Å². The van der Waals surface area contributed by atoms with Crippen LogP contribution in [0, 0.1) is 11.6 Å². The van der Waals surface area contributed by atoms with Gasteiger partial charge in [-0.2, -0.15) is 0 Å². The van der Waals surface area contributed by atoms with Crippen molar-refractivity contribution in [2.45, 2.75) is 19.4 Å². The molecule has 19 heavy (non-hydrogen) atoms. The van der Waals surface area contributed by atoms with Gasteiger partial charge in [-0.15, -0.1) is 11.3 Å². The highest BCUT2D eigenvalue weighted by molar-refractivity contribution is 9.10. The van der Waals surface area contributed by atoms with Gasteiger partial charge < -0.3 is 5.32 Å². The van der Waals surface area contributed by atoms with Gasteiger partial charge in [0.15, 0.2) is 11.6 Å². The van der Waals surface area contributed by atoms with E-state index in [1.807, 2.05) is 18.4 Å². The van der Waals surface area contributed by atoms with E-state index in [-0.39, 0.29) is 6.04 Å². The molecule has 1 aromatic heterocycles. The van der Waals surface area contributed by atoms with Crippen LogP contribution in [0.25, 0.3) is 0 Å². The first-order valence-electron chi connectivity index (χ1n) is 6.04. The van der Waals surface area contributed by atoms with Gasteiger partial charge in [-0.3, -0.25) is 0 Å². The van der Waals surface area contributed by atoms with Crippen LogP contribution in [-0.2, 0) is 0 Å². The van der Waals surface area contributed by atoms with E-state index in [9.17, 15) is 8.78 Å². The molecule has 102 valence electrons. The molecule has 1 nitrogen and oxygen atoms in total. The summed E-state index contributed by atoms with van der Waals surface area (Å²) in [6, 6.07) is 5.92. The standard InChI is InChI=1S/C14H14BrF2NS/c1-2-6-18-14(12-7-9(15)8-19-12)10-4-3-5-11(16)13(10)17/h3-5,7-8,14,18H,2,6H2,1H3. The van der Waals surface area contributed by atoms with Crippen molar-refractivity contribution < 1.29 is 8.78 Å². The fraction of sp³-hybridized carbons (Fsp3) is 0.286. The van der Waals surface area contributed by atoms with E-state index in [0.717, 1.165) is 28.4 Å². The van der Waals surface area contributed by atoms with Gasteiger partial charge in [-0.05, 0) is 41.0 Å². The molecule has 0 aliphatic heterocycles. The van der Waals surface area contributed by atoms with Crippen LogP contribution < -0.4 is 5.32 Å². The number of hydrogen-bond donors (Lipinski definition) is 1. The molecular weight excluding hydrogens is 332 g/mol. The first-order valence-corrected chi connectivity index (χ1v) is 7.72. The van der Waals surface area contributed by atoms with E-state index in [2.05, 4.69) is 21.2 Å². The lowest BCUT2D eigenvalue weighted by atomic mass is 10.0. The SMILES string of the molecule is CCCNC(c1cc(Br)cs1)c1cccc(F)c1F. The van der Waals surface area contributed by atoms with E-state index in [0.29, 0.717) is 5.56 Å². The second kappa shape index (κ2) is 6.59. The Morgan fingerprint density at radius 3 is 2.79 bits per heavy atom. The summed E-state index contributed by atoms with van der Waals surface area (Å²) in [7, 11) is 0. The predicted molar refractivity (Wildman–Crippen MR) is 78.5 cm³/mol. The number of hydrogen-bond acceptors (Lipinski definition) is 2. The molecule has 1 unspecified atom stereocenters. The van der Waals surface area contributed by atoms with Crippen molar-refractivity contribution in [3.8, 4) is 0 Å². The van der Waals surface area contributed by atoms with Gasteiger partial charge in [-0.25, -0.2) is 8.78 Å². The molecule has 1 atom stereocenters. The zero-order valence-corrected chi connectivity index (χ0v) is 12.8. The maximum absolute atomic E-state index is 13.9. The van der Waals surface area contributed by atoms with Crippen LogP contribution in [0.3, 0.4) is 0 Å². The third-order valence-electron chi connectivity index (χ3n) is 2.76. The molecule has 1 heterocycles. The van der Waals surface area contributed by atoms with Crippen LogP contribution in [0.5, 0.6) is 0 Å². The van der Waals surface area contributed by atoms with Gasteiger partial charge >= 0.3 is 0 Å². The summed E-state index contributed by atoms with van der Waals surface area (Å²) in [6.07, 6.45) is 0.931. The van der Waals surface area contributed by atoms with Crippen molar-refractivity contribution in [1.29, 1.82) is 0 Å². The highest BCUT2D eigenvalue weighted by Crippen LogP contribution is 2.31. The van der Waals surface area contributed by atoms with Gasteiger partial charge in [-0.1, -0.05) is 19.1 Å². The molecule has 2 rings (SSSR count). The van der Waals surface area contributed by atoms with Gasteiger partial charge in [0.2, 0.25) is 0 Å². The molecule has 0 bridgehead atoms. The maximum atomic E-state index is 13.9. The van der Waals surface area contributed by atoms with E-state index < -0.39 is 11.6 Å². The summed E-state index contributed by atoms with van der Waals surface area (Å²) in [4.78, 5) is 0.963. The van der Waals surface area contributed by atoms with Gasteiger partial charge in [0, 0.05) is 20.3 Å². The Morgan fingerprint density at radius 1 is 1.37 bits per heavy atom. The summed E-state index contributed by atoms with van der Waals surface area (Å²) in [5, 5.41) is 5.20. The smallest absolute Gasteiger partial charge is 0.163 e. The van der Waals surface area contributed by atoms with Gasteiger partial charge in [0.25, 0.3) is 0 Å². The van der Waals surface area contributed by atoms with Crippen LogP contribution >= 0.6 is 27.3 Å².